The first kappa shape index (κ1) is 18.0. The maximum absolute atomic E-state index is 10.7. The van der Waals surface area contributed by atoms with Crippen molar-refractivity contribution in [3.63, 3.8) is 0 Å². The SMILES string of the molecule is CCn1ccn[c-]c1=O.[CH2-]COc1ccccc1.[Y]. The van der Waals surface area contributed by atoms with Crippen LogP contribution in [0.3, 0.4) is 0 Å². The maximum Gasteiger partial charge on any atom is 0.176 e. The van der Waals surface area contributed by atoms with E-state index in [1.807, 2.05) is 37.3 Å². The number of aromatic nitrogens is 2. The van der Waals surface area contributed by atoms with Crippen LogP contribution in [0.15, 0.2) is 47.5 Å². The molecule has 0 aliphatic carbocycles. The number of hydrogen-bond donors (Lipinski definition) is 0. The van der Waals surface area contributed by atoms with Gasteiger partial charge in [0.25, 0.3) is 0 Å². The first-order valence-electron chi connectivity index (χ1n) is 5.68. The molecule has 0 saturated heterocycles. The van der Waals surface area contributed by atoms with Crippen molar-refractivity contribution in [3.05, 3.63) is 66.2 Å². The molecule has 4 nitrogen and oxygen atoms in total. The number of para-hydroxylation sites is 1. The molecule has 0 aliphatic heterocycles. The van der Waals surface area contributed by atoms with E-state index in [0.717, 1.165) is 5.75 Å². The van der Waals surface area contributed by atoms with E-state index in [1.54, 1.807) is 12.4 Å². The predicted molar refractivity (Wildman–Crippen MR) is 70.3 cm³/mol. The van der Waals surface area contributed by atoms with Gasteiger partial charge in [0.15, 0.2) is 5.56 Å². The van der Waals surface area contributed by atoms with Crippen LogP contribution < -0.4 is 10.3 Å². The molecule has 0 saturated carbocycles. The Balaban J connectivity index is 0.000000324. The molecule has 0 aliphatic rings. The van der Waals surface area contributed by atoms with Gasteiger partial charge in [0, 0.05) is 39.3 Å². The average molecular weight is 333 g/mol. The van der Waals surface area contributed by atoms with Crippen molar-refractivity contribution >= 4 is 0 Å². The van der Waals surface area contributed by atoms with E-state index in [0.29, 0.717) is 13.2 Å². The molecule has 0 fully saturated rings. The van der Waals surface area contributed by atoms with Gasteiger partial charge < -0.3 is 21.2 Å². The summed E-state index contributed by atoms with van der Waals surface area (Å²) in [6.07, 6.45) is 5.49. The zero-order chi connectivity index (χ0) is 13.2. The summed E-state index contributed by atoms with van der Waals surface area (Å²) >= 11 is 0. The van der Waals surface area contributed by atoms with Crippen LogP contribution in [0.4, 0.5) is 0 Å². The summed E-state index contributed by atoms with van der Waals surface area (Å²) in [6.45, 7) is 6.63. The van der Waals surface area contributed by atoms with Crippen molar-refractivity contribution in [2.75, 3.05) is 6.61 Å². The number of aryl methyl sites for hydroxylation is 1. The summed E-state index contributed by atoms with van der Waals surface area (Å²) < 4.78 is 6.63. The molecule has 0 N–H and O–H groups in total. The normalized spacial score (nSPS) is 8.74. The van der Waals surface area contributed by atoms with Gasteiger partial charge in [0.2, 0.25) is 0 Å². The minimum Gasteiger partial charge on any atom is -0.525 e. The molecule has 1 heterocycles. The molecule has 0 amide bonds. The largest absolute Gasteiger partial charge is 0.525 e. The number of benzene rings is 1. The fraction of sp³-hybridized carbons (Fsp3) is 0.214. The molecule has 1 radical (unpaired) electrons. The molecular weight excluding hydrogens is 317 g/mol. The molecule has 2 aromatic rings. The molecule has 1 aromatic carbocycles. The Kier molecular flexibility index (Phi) is 10.3. The quantitative estimate of drug-likeness (QED) is 0.807. The molecule has 5 heteroatoms. The predicted octanol–water partition coefficient (Wildman–Crippen LogP) is 1.96. The van der Waals surface area contributed by atoms with Gasteiger partial charge in [-0.05, 0) is 25.7 Å². The molecule has 0 spiro atoms. The average Bonchev–Trinajstić information content (AvgIpc) is 2.42. The van der Waals surface area contributed by atoms with E-state index in [4.69, 9.17) is 4.74 Å². The summed E-state index contributed by atoms with van der Waals surface area (Å²) in [7, 11) is 0. The standard InChI is InChI=1S/C8H9O.C6H7N2O.Y/c1-2-9-8-6-4-3-5-7-8;1-2-8-4-3-7-5-6(8)9;/h3-7H,1-2H2;3-4H,2H2,1H3;/q2*-1;. The van der Waals surface area contributed by atoms with E-state index in [9.17, 15) is 4.79 Å². The second-order valence-corrected chi connectivity index (χ2v) is 3.29. The fourth-order valence-corrected chi connectivity index (χ4v) is 1.22. The Morgan fingerprint density at radius 1 is 1.37 bits per heavy atom. The Labute approximate surface area is 138 Å². The van der Waals surface area contributed by atoms with Crippen molar-refractivity contribution in [1.29, 1.82) is 0 Å². The van der Waals surface area contributed by atoms with E-state index in [-0.39, 0.29) is 38.3 Å². The van der Waals surface area contributed by atoms with Crippen LogP contribution in [0.5, 0.6) is 5.75 Å². The van der Waals surface area contributed by atoms with E-state index >= 15 is 0 Å². The maximum atomic E-state index is 10.7. The Morgan fingerprint density at radius 2 is 2.05 bits per heavy atom. The van der Waals surface area contributed by atoms with Gasteiger partial charge in [-0.2, -0.15) is 0 Å². The van der Waals surface area contributed by atoms with Crippen molar-refractivity contribution in [3.8, 4) is 5.75 Å². The number of hydrogen-bond acceptors (Lipinski definition) is 3. The van der Waals surface area contributed by atoms with Gasteiger partial charge in [-0.1, -0.05) is 30.6 Å². The Morgan fingerprint density at radius 3 is 2.53 bits per heavy atom. The second kappa shape index (κ2) is 10.9. The van der Waals surface area contributed by atoms with Crippen molar-refractivity contribution in [2.24, 2.45) is 0 Å². The number of rotatable bonds is 3. The first-order valence-corrected chi connectivity index (χ1v) is 5.68. The van der Waals surface area contributed by atoms with Gasteiger partial charge in [0.1, 0.15) is 5.75 Å². The third-order valence-electron chi connectivity index (χ3n) is 2.09. The number of nitrogens with zero attached hydrogens (tertiary/aromatic N) is 2. The Bertz CT molecular complexity index is 500. The van der Waals surface area contributed by atoms with Crippen LogP contribution in [0.25, 0.3) is 0 Å². The third kappa shape index (κ3) is 7.23. The van der Waals surface area contributed by atoms with Crippen molar-refractivity contribution in [1.82, 2.24) is 9.55 Å². The minimum absolute atomic E-state index is 0. The van der Waals surface area contributed by atoms with Crippen LogP contribution >= 0.6 is 0 Å². The van der Waals surface area contributed by atoms with Crippen LogP contribution in [-0.2, 0) is 39.3 Å². The summed E-state index contributed by atoms with van der Waals surface area (Å²) in [5.41, 5.74) is -0.167. The molecule has 1 aromatic heterocycles. The minimum atomic E-state index is -0.167. The molecule has 0 bridgehead atoms. The summed E-state index contributed by atoms with van der Waals surface area (Å²) in [4.78, 5) is 14.2. The molecule has 0 unspecified atom stereocenters. The summed E-state index contributed by atoms with van der Waals surface area (Å²) in [5, 5.41) is 0. The van der Waals surface area contributed by atoms with Gasteiger partial charge >= 0.3 is 0 Å². The molecule has 19 heavy (non-hydrogen) atoms. The van der Waals surface area contributed by atoms with Crippen LogP contribution in [0.2, 0.25) is 0 Å². The van der Waals surface area contributed by atoms with E-state index in [1.165, 1.54) is 4.57 Å². The molecular formula is C14H16N2O2Y-2. The van der Waals surface area contributed by atoms with Gasteiger partial charge in [-0.25, -0.2) is 0 Å². The number of ether oxygens (including phenoxy) is 1. The first-order chi connectivity index (χ1) is 8.77. The fourth-order valence-electron chi connectivity index (χ4n) is 1.22. The topological polar surface area (TPSA) is 44.1 Å². The van der Waals surface area contributed by atoms with Gasteiger partial charge in [0.05, 0.1) is 0 Å². The monoisotopic (exact) mass is 333 g/mol. The van der Waals surface area contributed by atoms with E-state index < -0.39 is 0 Å². The van der Waals surface area contributed by atoms with Crippen LogP contribution in [-0.4, -0.2) is 16.2 Å². The molecule has 99 valence electrons. The summed E-state index contributed by atoms with van der Waals surface area (Å²) in [5.74, 6) is 0.882. The van der Waals surface area contributed by atoms with Crippen LogP contribution in [0, 0.1) is 13.1 Å². The zero-order valence-corrected chi connectivity index (χ0v) is 13.8. The third-order valence-corrected chi connectivity index (χ3v) is 2.09. The van der Waals surface area contributed by atoms with Crippen molar-refractivity contribution in [2.45, 2.75) is 13.5 Å². The second-order valence-electron chi connectivity index (χ2n) is 3.29. The van der Waals surface area contributed by atoms with Crippen LogP contribution in [0.1, 0.15) is 6.92 Å². The van der Waals surface area contributed by atoms with Gasteiger partial charge in [-0.15, -0.1) is 6.20 Å². The van der Waals surface area contributed by atoms with Crippen molar-refractivity contribution < 1.29 is 37.4 Å². The zero-order valence-electron chi connectivity index (χ0n) is 11.0. The summed E-state index contributed by atoms with van der Waals surface area (Å²) in [6, 6.07) is 9.64. The van der Waals surface area contributed by atoms with E-state index in [2.05, 4.69) is 18.1 Å². The smallest absolute Gasteiger partial charge is 0.176 e. The molecule has 2 rings (SSSR count). The Hall–Kier alpha value is -0.996. The van der Waals surface area contributed by atoms with Gasteiger partial charge in [-0.3, -0.25) is 4.79 Å². The molecule has 0 atom stereocenters.